The quantitative estimate of drug-likeness (QED) is 0.500. The molecule has 4 aromatic rings. The number of anilines is 1. The van der Waals surface area contributed by atoms with Gasteiger partial charge in [0.1, 0.15) is 5.75 Å². The second-order valence-corrected chi connectivity index (χ2v) is 8.66. The van der Waals surface area contributed by atoms with Crippen LogP contribution < -0.4 is 14.5 Å². The van der Waals surface area contributed by atoms with E-state index in [1.54, 1.807) is 18.4 Å². The average molecular weight is 421 g/mol. The summed E-state index contributed by atoms with van der Waals surface area (Å²) in [6, 6.07) is 20.2. The number of carbonyl (C=O) groups is 1. The van der Waals surface area contributed by atoms with Crippen molar-refractivity contribution in [3.8, 4) is 5.75 Å². The molecule has 0 aliphatic rings. The maximum absolute atomic E-state index is 13.4. The van der Waals surface area contributed by atoms with Crippen LogP contribution in [-0.4, -0.2) is 45.2 Å². The summed E-state index contributed by atoms with van der Waals surface area (Å²) in [5.41, 5.74) is 1.90. The molecule has 30 heavy (non-hydrogen) atoms. The minimum absolute atomic E-state index is 0.0682. The van der Waals surface area contributed by atoms with Crippen molar-refractivity contribution in [3.05, 3.63) is 66.2 Å². The lowest BCUT2D eigenvalue weighted by molar-refractivity contribution is -0.856. The van der Waals surface area contributed by atoms with Gasteiger partial charge in [-0.05, 0) is 28.5 Å². The van der Waals surface area contributed by atoms with E-state index in [9.17, 15) is 4.79 Å². The van der Waals surface area contributed by atoms with Gasteiger partial charge in [-0.3, -0.25) is 9.69 Å². The molecular formula is C24H26N3O2S+. The maximum atomic E-state index is 13.4. The number of benzene rings is 3. The van der Waals surface area contributed by atoms with E-state index in [-0.39, 0.29) is 5.91 Å². The molecule has 0 bridgehead atoms. The predicted molar refractivity (Wildman–Crippen MR) is 124 cm³/mol. The molecule has 0 atom stereocenters. The van der Waals surface area contributed by atoms with Crippen LogP contribution in [0.3, 0.4) is 0 Å². The first kappa shape index (κ1) is 20.3. The highest BCUT2D eigenvalue weighted by molar-refractivity contribution is 7.22. The number of nitrogens with one attached hydrogen (secondary N) is 1. The summed E-state index contributed by atoms with van der Waals surface area (Å²) in [5, 5.41) is 3.02. The number of carbonyl (C=O) groups excluding carboxylic acids is 1. The van der Waals surface area contributed by atoms with Crippen LogP contribution in [0, 0.1) is 0 Å². The molecule has 0 unspecified atom stereocenters. The Bertz CT molecular complexity index is 1180. The summed E-state index contributed by atoms with van der Waals surface area (Å²) >= 11 is 1.55. The molecule has 6 heteroatoms. The van der Waals surface area contributed by atoms with Gasteiger partial charge >= 0.3 is 0 Å². The summed E-state index contributed by atoms with van der Waals surface area (Å²) in [5.74, 6) is 0.837. The molecule has 0 saturated heterocycles. The summed E-state index contributed by atoms with van der Waals surface area (Å²) in [4.78, 5) is 21.3. The smallest absolute Gasteiger partial charge is 0.233 e. The number of likely N-dealkylation sites (N-methyl/N-ethyl adjacent to an activating group) is 1. The predicted octanol–water partition coefficient (Wildman–Crippen LogP) is 3.18. The van der Waals surface area contributed by atoms with E-state index in [0.29, 0.717) is 13.0 Å². The van der Waals surface area contributed by atoms with Crippen molar-refractivity contribution in [1.82, 2.24) is 4.98 Å². The molecule has 1 N–H and O–H groups in total. The molecule has 0 spiro atoms. The number of hydrogen-bond acceptors (Lipinski definition) is 4. The Balaban J connectivity index is 1.67. The normalized spacial score (nSPS) is 11.3. The monoisotopic (exact) mass is 420 g/mol. The molecule has 154 valence electrons. The van der Waals surface area contributed by atoms with Gasteiger partial charge in [0.15, 0.2) is 5.13 Å². The first-order valence-electron chi connectivity index (χ1n) is 10.1. The average Bonchev–Trinajstić information content (AvgIpc) is 3.16. The van der Waals surface area contributed by atoms with Gasteiger partial charge in [0.25, 0.3) is 0 Å². The Hall–Kier alpha value is -2.96. The summed E-state index contributed by atoms with van der Waals surface area (Å²) in [6.45, 7) is 1.48. The van der Waals surface area contributed by atoms with Crippen LogP contribution >= 0.6 is 11.3 Å². The van der Waals surface area contributed by atoms with E-state index in [1.165, 1.54) is 4.90 Å². The van der Waals surface area contributed by atoms with E-state index < -0.39 is 0 Å². The van der Waals surface area contributed by atoms with Gasteiger partial charge in [-0.2, -0.15) is 0 Å². The fourth-order valence-electron chi connectivity index (χ4n) is 3.50. The van der Waals surface area contributed by atoms with Crippen molar-refractivity contribution in [3.63, 3.8) is 0 Å². The molecule has 1 amide bonds. The number of hydrogen-bond donors (Lipinski definition) is 1. The number of quaternary nitrogens is 1. The highest BCUT2D eigenvalue weighted by atomic mass is 32.1. The molecule has 0 radical (unpaired) electrons. The van der Waals surface area contributed by atoms with E-state index in [0.717, 1.165) is 44.0 Å². The van der Waals surface area contributed by atoms with Gasteiger partial charge in [-0.15, -0.1) is 0 Å². The molecule has 3 aromatic carbocycles. The highest BCUT2D eigenvalue weighted by Crippen LogP contribution is 2.31. The first-order chi connectivity index (χ1) is 14.5. The van der Waals surface area contributed by atoms with Crippen LogP contribution in [0.25, 0.3) is 21.0 Å². The van der Waals surface area contributed by atoms with E-state index >= 15 is 0 Å². The number of fused-ring (bicyclic) bond motifs is 2. The standard InChI is InChI=1S/C24H25N3O2S/c1-26(2)13-14-27(24-25-21-16-19(29-3)11-12-22(21)30-24)23(28)15-18-9-6-8-17-7-4-5-10-20(17)18/h4-12,16H,13-15H2,1-3H3/p+1. The van der Waals surface area contributed by atoms with Gasteiger partial charge < -0.3 is 9.64 Å². The van der Waals surface area contributed by atoms with Crippen molar-refractivity contribution >= 4 is 43.4 Å². The summed E-state index contributed by atoms with van der Waals surface area (Å²) in [7, 11) is 5.83. The van der Waals surface area contributed by atoms with E-state index in [1.807, 2.05) is 47.4 Å². The molecule has 4 rings (SSSR count). The largest absolute Gasteiger partial charge is 0.497 e. The third kappa shape index (κ3) is 4.30. The lowest BCUT2D eigenvalue weighted by Gasteiger charge is -2.21. The number of rotatable bonds is 7. The maximum Gasteiger partial charge on any atom is 0.233 e. The van der Waals surface area contributed by atoms with Crippen molar-refractivity contribution in [2.45, 2.75) is 6.42 Å². The Kier molecular flexibility index (Phi) is 5.97. The third-order valence-electron chi connectivity index (χ3n) is 5.17. The summed E-state index contributed by atoms with van der Waals surface area (Å²) in [6.07, 6.45) is 0.351. The SMILES string of the molecule is COc1ccc2sc(N(CC[NH+](C)C)C(=O)Cc3cccc4ccccc34)nc2c1. The second kappa shape index (κ2) is 8.81. The zero-order valence-electron chi connectivity index (χ0n) is 17.5. The lowest BCUT2D eigenvalue weighted by Crippen LogP contribution is -3.06. The fourth-order valence-corrected chi connectivity index (χ4v) is 4.49. The minimum atomic E-state index is 0.0682. The molecule has 1 heterocycles. The van der Waals surface area contributed by atoms with Crippen molar-refractivity contribution < 1.29 is 14.4 Å². The van der Waals surface area contributed by atoms with Gasteiger partial charge in [0.2, 0.25) is 5.91 Å². The zero-order valence-corrected chi connectivity index (χ0v) is 18.3. The lowest BCUT2D eigenvalue weighted by atomic mass is 10.0. The van der Waals surface area contributed by atoms with Crippen LogP contribution in [-0.2, 0) is 11.2 Å². The molecular weight excluding hydrogens is 394 g/mol. The third-order valence-corrected chi connectivity index (χ3v) is 6.23. The number of aromatic nitrogens is 1. The number of ether oxygens (including phenoxy) is 1. The summed E-state index contributed by atoms with van der Waals surface area (Å²) < 4.78 is 6.37. The van der Waals surface area contributed by atoms with Crippen molar-refractivity contribution in [1.29, 1.82) is 0 Å². The number of methoxy groups -OCH3 is 1. The van der Waals surface area contributed by atoms with Gasteiger partial charge in [-0.25, -0.2) is 4.98 Å². The van der Waals surface area contributed by atoms with Crippen molar-refractivity contribution in [2.75, 3.05) is 39.2 Å². The van der Waals surface area contributed by atoms with Crippen LogP contribution in [0.15, 0.2) is 60.7 Å². The molecule has 0 saturated carbocycles. The number of nitrogens with zero attached hydrogens (tertiary/aromatic N) is 2. The molecule has 5 nitrogen and oxygen atoms in total. The first-order valence-corrected chi connectivity index (χ1v) is 10.9. The Labute approximate surface area is 180 Å². The van der Waals surface area contributed by atoms with Crippen LogP contribution in [0.1, 0.15) is 5.56 Å². The topological polar surface area (TPSA) is 46.9 Å². The number of amides is 1. The molecule has 0 aliphatic heterocycles. The minimum Gasteiger partial charge on any atom is -0.497 e. The van der Waals surface area contributed by atoms with Gasteiger partial charge in [0.05, 0.1) is 50.9 Å². The van der Waals surface area contributed by atoms with E-state index in [4.69, 9.17) is 9.72 Å². The van der Waals surface area contributed by atoms with Crippen molar-refractivity contribution in [2.24, 2.45) is 0 Å². The van der Waals surface area contributed by atoms with Crippen LogP contribution in [0.2, 0.25) is 0 Å². The van der Waals surface area contributed by atoms with Crippen LogP contribution in [0.4, 0.5) is 5.13 Å². The molecule has 0 fully saturated rings. The number of thiazole rings is 1. The van der Waals surface area contributed by atoms with Gasteiger partial charge in [0, 0.05) is 6.07 Å². The zero-order chi connectivity index (χ0) is 21.1. The Morgan fingerprint density at radius 1 is 1.10 bits per heavy atom. The van der Waals surface area contributed by atoms with Crippen LogP contribution in [0.5, 0.6) is 5.75 Å². The molecule has 0 aliphatic carbocycles. The van der Waals surface area contributed by atoms with E-state index in [2.05, 4.69) is 32.3 Å². The fraction of sp³-hybridized carbons (Fsp3) is 0.250. The Morgan fingerprint density at radius 3 is 2.70 bits per heavy atom. The van der Waals surface area contributed by atoms with Gasteiger partial charge in [-0.1, -0.05) is 53.8 Å². The Morgan fingerprint density at radius 2 is 1.90 bits per heavy atom. The highest BCUT2D eigenvalue weighted by Gasteiger charge is 2.22. The second-order valence-electron chi connectivity index (χ2n) is 7.65. The molecule has 1 aromatic heterocycles.